The molecule has 0 aromatic carbocycles. The molecule has 0 saturated heterocycles. The lowest BCUT2D eigenvalue weighted by molar-refractivity contribution is -0.0434. The van der Waals surface area contributed by atoms with Crippen molar-refractivity contribution in [1.29, 1.82) is 5.26 Å². The van der Waals surface area contributed by atoms with Crippen LogP contribution in [0.15, 0.2) is 77.9 Å². The largest absolute Gasteiger partial charge is 0.348 e. The number of aliphatic imine (C=N–C) groups is 1. The molecule has 0 bridgehead atoms. The van der Waals surface area contributed by atoms with Gasteiger partial charge in [-0.15, -0.1) is 0 Å². The zero-order chi connectivity index (χ0) is 27.5. The number of hydrogen-bond donors (Lipinski definition) is 0. The first-order chi connectivity index (χ1) is 17.2. The van der Waals surface area contributed by atoms with Crippen molar-refractivity contribution in [3.63, 3.8) is 0 Å². The smallest absolute Gasteiger partial charge is 0.266 e. The highest BCUT2D eigenvalue weighted by Crippen LogP contribution is 2.31. The highest BCUT2D eigenvalue weighted by molar-refractivity contribution is 5.85. The Hall–Kier alpha value is -2.74. The molecule has 1 aliphatic heterocycles. The van der Waals surface area contributed by atoms with E-state index in [0.29, 0.717) is 25.3 Å². The zero-order valence-corrected chi connectivity index (χ0v) is 23.3. The number of allylic oxidation sites excluding steroid dienone is 10. The van der Waals surface area contributed by atoms with Crippen LogP contribution in [-0.4, -0.2) is 35.8 Å². The van der Waals surface area contributed by atoms with Crippen LogP contribution in [0.3, 0.4) is 0 Å². The average Bonchev–Trinajstić information content (AvgIpc) is 3.29. The summed E-state index contributed by atoms with van der Waals surface area (Å²) in [7, 11) is 0. The third-order valence-electron chi connectivity index (χ3n) is 5.81. The Morgan fingerprint density at radius 1 is 1.22 bits per heavy atom. The summed E-state index contributed by atoms with van der Waals surface area (Å²) in [6.07, 6.45) is 25.4. The third kappa shape index (κ3) is 12.8. The molecule has 5 heteroatoms. The molecule has 1 unspecified atom stereocenters. The van der Waals surface area contributed by atoms with Crippen molar-refractivity contribution in [3.8, 4) is 6.07 Å². The predicted octanol–water partition coefficient (Wildman–Crippen LogP) is 9.00. The quantitative estimate of drug-likeness (QED) is 0.210. The fourth-order valence-electron chi connectivity index (χ4n) is 3.78. The fraction of sp³-hybridized carbons (Fsp3) is 0.548. The SMILES string of the molecule is C=C/C=C1/C=CC=CC1(C)C.CC.CCCCC/C=C\C=C/CC1=NCCN1C(CC#N)C(C)(F)F. The summed E-state index contributed by atoms with van der Waals surface area (Å²) in [6, 6.07) is 0.776. The topological polar surface area (TPSA) is 39.4 Å². The lowest BCUT2D eigenvalue weighted by atomic mass is 9.81. The van der Waals surface area contributed by atoms with Crippen molar-refractivity contribution in [2.75, 3.05) is 13.1 Å². The summed E-state index contributed by atoms with van der Waals surface area (Å²) in [5, 5.41) is 8.81. The van der Waals surface area contributed by atoms with E-state index in [4.69, 9.17) is 5.26 Å². The van der Waals surface area contributed by atoms with Crippen LogP contribution in [0.2, 0.25) is 0 Å². The monoisotopic (exact) mass is 499 g/mol. The number of nitrogens with zero attached hydrogens (tertiary/aromatic N) is 3. The molecule has 1 aliphatic carbocycles. The first-order valence-corrected chi connectivity index (χ1v) is 13.2. The minimum Gasteiger partial charge on any atom is -0.348 e. The van der Waals surface area contributed by atoms with E-state index in [-0.39, 0.29) is 11.8 Å². The van der Waals surface area contributed by atoms with Crippen LogP contribution in [0.25, 0.3) is 0 Å². The van der Waals surface area contributed by atoms with E-state index in [2.05, 4.69) is 68.8 Å². The van der Waals surface area contributed by atoms with E-state index >= 15 is 0 Å². The Morgan fingerprint density at radius 2 is 1.92 bits per heavy atom. The predicted molar refractivity (Wildman–Crippen MR) is 152 cm³/mol. The van der Waals surface area contributed by atoms with E-state index in [1.54, 1.807) is 4.90 Å². The van der Waals surface area contributed by atoms with Gasteiger partial charge in [-0.2, -0.15) is 5.26 Å². The van der Waals surface area contributed by atoms with Crippen LogP contribution in [0, 0.1) is 16.7 Å². The van der Waals surface area contributed by atoms with E-state index in [9.17, 15) is 8.78 Å². The Morgan fingerprint density at radius 3 is 2.50 bits per heavy atom. The maximum atomic E-state index is 13.7. The van der Waals surface area contributed by atoms with E-state index in [0.717, 1.165) is 13.3 Å². The van der Waals surface area contributed by atoms with Gasteiger partial charge in [0.1, 0.15) is 11.9 Å². The van der Waals surface area contributed by atoms with Crippen molar-refractivity contribution >= 4 is 5.84 Å². The van der Waals surface area contributed by atoms with Gasteiger partial charge >= 0.3 is 0 Å². The van der Waals surface area contributed by atoms with Gasteiger partial charge in [-0.05, 0) is 18.4 Å². The number of halogens is 2. The Bertz CT molecular complexity index is 846. The molecule has 0 aromatic heterocycles. The van der Waals surface area contributed by atoms with Gasteiger partial charge in [-0.1, -0.05) is 115 Å². The molecule has 0 spiro atoms. The number of hydrogen-bond acceptors (Lipinski definition) is 3. The highest BCUT2D eigenvalue weighted by atomic mass is 19.3. The third-order valence-corrected chi connectivity index (χ3v) is 5.81. The molecule has 0 amide bonds. The molecule has 3 nitrogen and oxygen atoms in total. The van der Waals surface area contributed by atoms with Gasteiger partial charge in [-0.3, -0.25) is 4.99 Å². The van der Waals surface area contributed by atoms with E-state index in [1.165, 1.54) is 24.8 Å². The summed E-state index contributed by atoms with van der Waals surface area (Å²) in [6.45, 7) is 16.1. The summed E-state index contributed by atoms with van der Waals surface area (Å²) in [5.41, 5.74) is 1.48. The first kappa shape index (κ1) is 33.3. The second-order valence-corrected chi connectivity index (χ2v) is 9.18. The summed E-state index contributed by atoms with van der Waals surface area (Å²) in [5.74, 6) is -2.26. The molecule has 0 saturated carbocycles. The standard InChI is InChI=1S/C18H27F2N3.C11H14.C2H6/c1-3-4-5-6-7-8-9-10-11-17-22-14-15-23(17)16(12-13-21)18(2,19)20;1-4-7-10-8-5-6-9-11(10,2)3;1-2/h7-10,16H,3-6,11-12,14-15H2,1-2H3;4-9H,1H2,2-3H3;1-2H3/b8-7-,10-9-;10-7-;. The van der Waals surface area contributed by atoms with Crippen molar-refractivity contribution < 1.29 is 8.78 Å². The normalized spacial score (nSPS) is 18.4. The van der Waals surface area contributed by atoms with Crippen molar-refractivity contribution in [1.82, 2.24) is 4.90 Å². The molecule has 1 atom stereocenters. The summed E-state index contributed by atoms with van der Waals surface area (Å²) in [4.78, 5) is 5.91. The van der Waals surface area contributed by atoms with E-state index in [1.807, 2.05) is 44.2 Å². The van der Waals surface area contributed by atoms with Gasteiger partial charge in [0, 0.05) is 25.3 Å². The van der Waals surface area contributed by atoms with E-state index < -0.39 is 12.0 Å². The Kier molecular flexibility index (Phi) is 17.1. The molecule has 0 radical (unpaired) electrons. The first-order valence-electron chi connectivity index (χ1n) is 13.2. The Labute approximate surface area is 219 Å². The number of amidine groups is 1. The number of unbranched alkanes of at least 4 members (excludes halogenated alkanes) is 3. The van der Waals surface area contributed by atoms with Gasteiger partial charge in [0.2, 0.25) is 0 Å². The van der Waals surface area contributed by atoms with Crippen LogP contribution in [0.4, 0.5) is 8.78 Å². The molecular weight excluding hydrogens is 452 g/mol. The van der Waals surface area contributed by atoms with Crippen molar-refractivity contribution in [2.24, 2.45) is 10.4 Å². The number of alkyl halides is 2. The minimum atomic E-state index is -2.91. The summed E-state index contributed by atoms with van der Waals surface area (Å²) >= 11 is 0. The maximum Gasteiger partial charge on any atom is 0.266 e. The fourth-order valence-corrected chi connectivity index (χ4v) is 3.78. The van der Waals surface area contributed by atoms with Crippen LogP contribution >= 0.6 is 0 Å². The molecule has 0 N–H and O–H groups in total. The van der Waals surface area contributed by atoms with Gasteiger partial charge in [0.05, 0.1) is 19.0 Å². The van der Waals surface area contributed by atoms with Gasteiger partial charge < -0.3 is 4.90 Å². The Balaban J connectivity index is 0.000000784. The summed E-state index contributed by atoms with van der Waals surface area (Å²) < 4.78 is 27.4. The van der Waals surface area contributed by atoms with Crippen LogP contribution in [-0.2, 0) is 0 Å². The highest BCUT2D eigenvalue weighted by Gasteiger charge is 2.40. The van der Waals surface area contributed by atoms with Crippen LogP contribution in [0.1, 0.15) is 80.1 Å². The molecule has 1 heterocycles. The molecule has 0 fully saturated rings. The van der Waals surface area contributed by atoms with Gasteiger partial charge in [0.25, 0.3) is 5.92 Å². The van der Waals surface area contributed by atoms with Gasteiger partial charge in [-0.25, -0.2) is 8.78 Å². The van der Waals surface area contributed by atoms with Crippen LogP contribution in [0.5, 0.6) is 0 Å². The molecule has 2 rings (SSSR count). The number of rotatable bonds is 11. The zero-order valence-electron chi connectivity index (χ0n) is 23.3. The van der Waals surface area contributed by atoms with Crippen molar-refractivity contribution in [2.45, 2.75) is 92.0 Å². The lowest BCUT2D eigenvalue weighted by Gasteiger charge is -2.32. The molecular formula is C31H47F2N3. The average molecular weight is 500 g/mol. The van der Waals surface area contributed by atoms with Gasteiger partial charge in [0.15, 0.2) is 0 Å². The number of nitriles is 1. The lowest BCUT2D eigenvalue weighted by Crippen LogP contribution is -2.47. The second-order valence-electron chi connectivity index (χ2n) is 9.18. The minimum absolute atomic E-state index is 0.170. The maximum absolute atomic E-state index is 13.7. The molecule has 2 aliphatic rings. The van der Waals surface area contributed by atoms with Crippen molar-refractivity contribution in [3.05, 3.63) is 72.9 Å². The second kappa shape index (κ2) is 18.5. The molecule has 0 aromatic rings. The molecule has 36 heavy (non-hydrogen) atoms. The van der Waals surface area contributed by atoms with Crippen LogP contribution < -0.4 is 0 Å². The molecule has 200 valence electrons.